The van der Waals surface area contributed by atoms with Crippen LogP contribution in [0.3, 0.4) is 0 Å². The number of ether oxygens (including phenoxy) is 2. The first-order valence-corrected chi connectivity index (χ1v) is 27.2. The molecule has 0 saturated heterocycles. The topological polar surface area (TPSA) is 83.5 Å². The Labute approximate surface area is 300 Å². The van der Waals surface area contributed by atoms with Gasteiger partial charge in [0.15, 0.2) is 25.0 Å². The summed E-state index contributed by atoms with van der Waals surface area (Å²) in [6, 6.07) is 6.07. The second-order valence-corrected chi connectivity index (χ2v) is 30.9. The molecule has 1 aliphatic heterocycles. The first kappa shape index (κ1) is 45.7. The fourth-order valence-corrected chi connectivity index (χ4v) is 14.4. The van der Waals surface area contributed by atoms with Crippen molar-refractivity contribution >= 4 is 30.9 Å². The molecule has 10 heteroatoms. The molecule has 0 radical (unpaired) electrons. The smallest absolute Gasteiger partial charge is 0.311 e. The number of esters is 1. The number of methoxy groups -OCH3 is 1. The molecule has 1 rings (SSSR count). The van der Waals surface area contributed by atoms with Crippen LogP contribution in [0.4, 0.5) is 0 Å². The van der Waals surface area contributed by atoms with Crippen LogP contribution >= 0.6 is 0 Å². The molecule has 7 nitrogen and oxygen atoms in total. The molecule has 0 aliphatic carbocycles. The van der Waals surface area contributed by atoms with E-state index in [9.17, 15) is 9.90 Å². The van der Waals surface area contributed by atoms with Gasteiger partial charge >= 0.3 is 5.97 Å². The monoisotopic (exact) mass is 731 g/mol. The third-order valence-electron chi connectivity index (χ3n) is 12.7. The van der Waals surface area contributed by atoms with Gasteiger partial charge in [0.25, 0.3) is 0 Å². The third-order valence-corrected chi connectivity index (χ3v) is 26.6. The maximum absolute atomic E-state index is 14.2. The maximum Gasteiger partial charge on any atom is 0.311 e. The second kappa shape index (κ2) is 18.4. The summed E-state index contributed by atoms with van der Waals surface area (Å²) in [6.45, 7) is 34.8. The van der Waals surface area contributed by atoms with E-state index in [1.54, 1.807) is 7.11 Å². The SMILES string of the molecule is CC[C@H]1OC(=O)[C@H](C)[C@@H](O[Si](C)(C)C(C)(C)C)C[C@@H](O)[C@](C)(OC)C[C@@H](C)[C@@H](O[Si](CC)(CC)CC)/C=C/[C@]1(C)O[Si](CC)(CC)CC. The fraction of sp³-hybridized carbons (Fsp3) is 0.921. The summed E-state index contributed by atoms with van der Waals surface area (Å²) in [7, 11) is -4.82. The summed E-state index contributed by atoms with van der Waals surface area (Å²) >= 11 is 0. The molecule has 0 aromatic rings. The number of rotatable bonds is 14. The molecule has 0 fully saturated rings. The lowest BCUT2D eigenvalue weighted by molar-refractivity contribution is -0.168. The Bertz CT molecular complexity index is 990. The van der Waals surface area contributed by atoms with E-state index in [1.807, 2.05) is 13.8 Å². The van der Waals surface area contributed by atoms with Crippen molar-refractivity contribution in [3.05, 3.63) is 12.2 Å². The van der Waals surface area contributed by atoms with Crippen LogP contribution in [0.2, 0.25) is 54.4 Å². The molecule has 0 unspecified atom stereocenters. The summed E-state index contributed by atoms with van der Waals surface area (Å²) in [4.78, 5) is 14.2. The van der Waals surface area contributed by atoms with Gasteiger partial charge in [0, 0.05) is 13.5 Å². The third kappa shape index (κ3) is 11.1. The van der Waals surface area contributed by atoms with Gasteiger partial charge in [-0.05, 0) is 93.9 Å². The molecule has 48 heavy (non-hydrogen) atoms. The molecule has 1 N–H and O–H groups in total. The normalized spacial score (nSPS) is 32.8. The number of aliphatic hydroxyl groups excluding tert-OH is 1. The molecular weight excluding hydrogens is 653 g/mol. The Hall–Kier alpha value is -0.339. The van der Waals surface area contributed by atoms with Crippen molar-refractivity contribution < 1.29 is 32.7 Å². The number of carbonyl (C=O) groups excluding carboxylic acids is 1. The summed E-state index contributed by atoms with van der Waals surface area (Å²) in [5, 5.41) is 11.9. The van der Waals surface area contributed by atoms with Crippen LogP contribution in [0.15, 0.2) is 12.2 Å². The van der Waals surface area contributed by atoms with E-state index in [0.717, 1.165) is 36.3 Å². The molecule has 0 amide bonds. The van der Waals surface area contributed by atoms with Crippen molar-refractivity contribution in [1.29, 1.82) is 0 Å². The fourth-order valence-electron chi connectivity index (χ4n) is 7.05. The standard InChI is InChI=1S/C38H78O7Si3/c1-18-34-37(13,45-48(22-5,23-6)24-7)26-25-31(44-47(19-2,20-3)21-4)29(8)28-38(14,41-15)33(39)27-32(30(9)35(40)42-34)43-46(16,17)36(10,11)12/h25-26,29-34,39H,18-24,27-28H2,1-17H3/b26-25+/t29-,30-,31+,32+,33-,34-,37+,38-/m1/s1. The molecule has 1 heterocycles. The molecule has 0 aromatic carbocycles. The minimum atomic E-state index is -2.33. The van der Waals surface area contributed by atoms with Gasteiger partial charge in [-0.1, -0.05) is 88.3 Å². The molecule has 0 saturated carbocycles. The molecule has 0 bridgehead atoms. The molecule has 1 aliphatic rings. The van der Waals surface area contributed by atoms with Gasteiger partial charge < -0.3 is 27.9 Å². The lowest BCUT2D eigenvalue weighted by Crippen LogP contribution is -2.54. The van der Waals surface area contributed by atoms with Gasteiger partial charge in [-0.2, -0.15) is 0 Å². The lowest BCUT2D eigenvalue weighted by Gasteiger charge is -2.45. The highest BCUT2D eigenvalue weighted by atomic mass is 28.4. The van der Waals surface area contributed by atoms with Crippen molar-refractivity contribution in [3.63, 3.8) is 0 Å². The van der Waals surface area contributed by atoms with Crippen LogP contribution in [-0.4, -0.2) is 78.8 Å². The largest absolute Gasteiger partial charge is 0.459 e. The van der Waals surface area contributed by atoms with E-state index in [0.29, 0.717) is 12.8 Å². The van der Waals surface area contributed by atoms with Gasteiger partial charge in [0.05, 0.1) is 29.8 Å². The molecule has 8 atom stereocenters. The lowest BCUT2D eigenvalue weighted by atomic mass is 9.81. The minimum Gasteiger partial charge on any atom is -0.459 e. The predicted molar refractivity (Wildman–Crippen MR) is 209 cm³/mol. The number of carbonyl (C=O) groups is 1. The van der Waals surface area contributed by atoms with Gasteiger partial charge in [0.2, 0.25) is 0 Å². The highest BCUT2D eigenvalue weighted by Gasteiger charge is 2.48. The highest BCUT2D eigenvalue weighted by molar-refractivity contribution is 6.74. The minimum absolute atomic E-state index is 0.0369. The summed E-state index contributed by atoms with van der Waals surface area (Å²) in [5.74, 6) is -0.871. The van der Waals surface area contributed by atoms with Gasteiger partial charge in [-0.15, -0.1) is 0 Å². The Morgan fingerprint density at radius 1 is 0.896 bits per heavy atom. The Kier molecular flexibility index (Phi) is 17.5. The van der Waals surface area contributed by atoms with Crippen LogP contribution in [0.25, 0.3) is 0 Å². The predicted octanol–water partition coefficient (Wildman–Crippen LogP) is 10.3. The van der Waals surface area contributed by atoms with Gasteiger partial charge in [-0.25, -0.2) is 0 Å². The van der Waals surface area contributed by atoms with E-state index in [-0.39, 0.29) is 29.5 Å². The number of aliphatic hydroxyl groups is 1. The Morgan fingerprint density at radius 3 is 1.81 bits per heavy atom. The Morgan fingerprint density at radius 2 is 1.40 bits per heavy atom. The van der Waals surface area contributed by atoms with Crippen molar-refractivity contribution in [1.82, 2.24) is 0 Å². The molecular formula is C38H78O7Si3. The van der Waals surface area contributed by atoms with Crippen molar-refractivity contribution in [2.75, 3.05) is 7.11 Å². The van der Waals surface area contributed by atoms with Crippen molar-refractivity contribution in [2.24, 2.45) is 11.8 Å². The quantitative estimate of drug-likeness (QED) is 0.108. The van der Waals surface area contributed by atoms with E-state index in [1.165, 1.54) is 0 Å². The molecule has 284 valence electrons. The number of cyclic esters (lactones) is 1. The highest BCUT2D eigenvalue weighted by Crippen LogP contribution is 2.41. The van der Waals surface area contributed by atoms with Crippen LogP contribution in [0, 0.1) is 11.8 Å². The zero-order valence-corrected chi connectivity index (χ0v) is 37.4. The second-order valence-electron chi connectivity index (χ2n) is 16.7. The van der Waals surface area contributed by atoms with Gasteiger partial charge in [-0.3, -0.25) is 4.79 Å². The first-order chi connectivity index (χ1) is 22.1. The molecule has 0 aromatic heterocycles. The van der Waals surface area contributed by atoms with Crippen LogP contribution in [0.5, 0.6) is 0 Å². The van der Waals surface area contributed by atoms with Crippen molar-refractivity contribution in [3.8, 4) is 0 Å². The van der Waals surface area contributed by atoms with Crippen LogP contribution in [-0.2, 0) is 27.5 Å². The number of hydrogen-bond acceptors (Lipinski definition) is 7. The summed E-state index contributed by atoms with van der Waals surface area (Å²) < 4.78 is 34.2. The average Bonchev–Trinajstić information content (AvgIpc) is 3.04. The number of hydrogen-bond donors (Lipinski definition) is 1. The van der Waals surface area contributed by atoms with Gasteiger partial charge in [0.1, 0.15) is 11.7 Å². The summed E-state index contributed by atoms with van der Waals surface area (Å²) in [5.41, 5.74) is -1.72. The van der Waals surface area contributed by atoms with Crippen LogP contribution in [0.1, 0.15) is 116 Å². The maximum atomic E-state index is 14.2. The molecule has 0 spiro atoms. The Balaban J connectivity index is 4.05. The van der Waals surface area contributed by atoms with Crippen LogP contribution < -0.4 is 0 Å². The average molecular weight is 731 g/mol. The van der Waals surface area contributed by atoms with E-state index in [2.05, 4.69) is 108 Å². The summed E-state index contributed by atoms with van der Waals surface area (Å²) in [6.07, 6.45) is 3.71. The zero-order chi connectivity index (χ0) is 37.4. The first-order valence-electron chi connectivity index (χ1n) is 19.3. The van der Waals surface area contributed by atoms with Crippen molar-refractivity contribution in [2.45, 2.75) is 206 Å². The zero-order valence-electron chi connectivity index (χ0n) is 34.4. The van der Waals surface area contributed by atoms with E-state index in [4.69, 9.17) is 22.8 Å². The van der Waals surface area contributed by atoms with E-state index >= 15 is 0 Å². The van der Waals surface area contributed by atoms with E-state index < -0.39 is 60.4 Å².